The second kappa shape index (κ2) is 7.51. The molecule has 3 nitrogen and oxygen atoms in total. The summed E-state index contributed by atoms with van der Waals surface area (Å²) < 4.78 is 5.87. The van der Waals surface area contributed by atoms with Gasteiger partial charge in [0.25, 0.3) is 0 Å². The SMILES string of the molecule is CC(CNC(C)(C)C)COc1ccccc1CCO. The van der Waals surface area contributed by atoms with E-state index in [2.05, 4.69) is 33.0 Å². The molecule has 3 heteroatoms. The van der Waals surface area contributed by atoms with Crippen LogP contribution in [0.15, 0.2) is 24.3 Å². The molecule has 1 atom stereocenters. The highest BCUT2D eigenvalue weighted by atomic mass is 16.5. The van der Waals surface area contributed by atoms with E-state index in [1.54, 1.807) is 0 Å². The van der Waals surface area contributed by atoms with Gasteiger partial charge in [-0.05, 0) is 38.8 Å². The molecule has 0 aliphatic heterocycles. The predicted molar refractivity (Wildman–Crippen MR) is 79.6 cm³/mol. The summed E-state index contributed by atoms with van der Waals surface area (Å²) in [7, 11) is 0. The maximum absolute atomic E-state index is 9.03. The van der Waals surface area contributed by atoms with Gasteiger partial charge in [0.05, 0.1) is 6.61 Å². The van der Waals surface area contributed by atoms with Crippen LogP contribution in [-0.4, -0.2) is 30.4 Å². The van der Waals surface area contributed by atoms with Crippen molar-refractivity contribution in [3.63, 3.8) is 0 Å². The predicted octanol–water partition coefficient (Wildman–Crippen LogP) is 2.62. The minimum absolute atomic E-state index is 0.142. The Kier molecular flexibility index (Phi) is 6.32. The van der Waals surface area contributed by atoms with Crippen LogP contribution in [0.5, 0.6) is 5.75 Å². The summed E-state index contributed by atoms with van der Waals surface area (Å²) >= 11 is 0. The van der Waals surface area contributed by atoms with Gasteiger partial charge in [-0.25, -0.2) is 0 Å². The Morgan fingerprint density at radius 1 is 1.26 bits per heavy atom. The van der Waals surface area contributed by atoms with Crippen molar-refractivity contribution < 1.29 is 9.84 Å². The molecule has 0 saturated carbocycles. The van der Waals surface area contributed by atoms with Crippen molar-refractivity contribution in [1.29, 1.82) is 0 Å². The smallest absolute Gasteiger partial charge is 0.122 e. The minimum Gasteiger partial charge on any atom is -0.493 e. The van der Waals surface area contributed by atoms with E-state index in [-0.39, 0.29) is 12.1 Å². The Morgan fingerprint density at radius 3 is 2.58 bits per heavy atom. The molecule has 0 bridgehead atoms. The molecule has 0 saturated heterocycles. The average Bonchev–Trinajstić information content (AvgIpc) is 2.35. The molecule has 0 aliphatic rings. The number of hydrogen-bond donors (Lipinski definition) is 2. The molecule has 1 aromatic carbocycles. The van der Waals surface area contributed by atoms with Gasteiger partial charge in [-0.15, -0.1) is 0 Å². The summed E-state index contributed by atoms with van der Waals surface area (Å²) in [5, 5.41) is 12.5. The van der Waals surface area contributed by atoms with Gasteiger partial charge in [0.15, 0.2) is 0 Å². The molecule has 0 radical (unpaired) electrons. The molecule has 108 valence electrons. The third-order valence-electron chi connectivity index (χ3n) is 2.86. The van der Waals surface area contributed by atoms with E-state index in [0.717, 1.165) is 17.9 Å². The summed E-state index contributed by atoms with van der Waals surface area (Å²) in [4.78, 5) is 0. The van der Waals surface area contributed by atoms with Crippen LogP contribution in [0.4, 0.5) is 0 Å². The lowest BCUT2D eigenvalue weighted by Crippen LogP contribution is -2.39. The summed E-state index contributed by atoms with van der Waals surface area (Å²) in [5.41, 5.74) is 1.21. The number of benzene rings is 1. The van der Waals surface area contributed by atoms with Gasteiger partial charge < -0.3 is 15.2 Å². The monoisotopic (exact) mass is 265 g/mol. The van der Waals surface area contributed by atoms with Crippen LogP contribution < -0.4 is 10.1 Å². The maximum atomic E-state index is 9.03. The van der Waals surface area contributed by atoms with Gasteiger partial charge in [-0.1, -0.05) is 25.1 Å². The molecule has 0 fully saturated rings. The Balaban J connectivity index is 2.43. The molecule has 0 aromatic heterocycles. The summed E-state index contributed by atoms with van der Waals surface area (Å²) in [6, 6.07) is 7.91. The summed E-state index contributed by atoms with van der Waals surface area (Å²) in [5.74, 6) is 1.33. The zero-order chi connectivity index (χ0) is 14.3. The van der Waals surface area contributed by atoms with Crippen molar-refractivity contribution in [1.82, 2.24) is 5.32 Å². The van der Waals surface area contributed by atoms with Crippen molar-refractivity contribution in [2.75, 3.05) is 19.8 Å². The van der Waals surface area contributed by atoms with Crippen LogP contribution in [-0.2, 0) is 6.42 Å². The van der Waals surface area contributed by atoms with E-state index < -0.39 is 0 Å². The molecule has 0 spiro atoms. The number of rotatable bonds is 7. The Bertz CT molecular complexity index is 371. The number of ether oxygens (including phenoxy) is 1. The van der Waals surface area contributed by atoms with Gasteiger partial charge in [0.1, 0.15) is 5.75 Å². The molecule has 19 heavy (non-hydrogen) atoms. The van der Waals surface area contributed by atoms with E-state index >= 15 is 0 Å². The molecule has 0 aliphatic carbocycles. The molecule has 1 unspecified atom stereocenters. The van der Waals surface area contributed by atoms with Gasteiger partial charge in [0.2, 0.25) is 0 Å². The fraction of sp³-hybridized carbons (Fsp3) is 0.625. The van der Waals surface area contributed by atoms with E-state index in [1.807, 2.05) is 24.3 Å². The van der Waals surface area contributed by atoms with Gasteiger partial charge in [0, 0.05) is 24.6 Å². The Hall–Kier alpha value is -1.06. The summed E-state index contributed by atoms with van der Waals surface area (Å²) in [6.07, 6.45) is 0.644. The van der Waals surface area contributed by atoms with Crippen LogP contribution in [0.1, 0.15) is 33.3 Å². The van der Waals surface area contributed by atoms with Crippen molar-refractivity contribution in [3.8, 4) is 5.75 Å². The number of hydrogen-bond acceptors (Lipinski definition) is 3. The van der Waals surface area contributed by atoms with E-state index in [0.29, 0.717) is 18.9 Å². The molecule has 1 rings (SSSR count). The van der Waals surface area contributed by atoms with Crippen LogP contribution in [0.25, 0.3) is 0 Å². The van der Waals surface area contributed by atoms with Crippen LogP contribution in [0, 0.1) is 5.92 Å². The zero-order valence-corrected chi connectivity index (χ0v) is 12.6. The molecular formula is C16H27NO2. The maximum Gasteiger partial charge on any atom is 0.122 e. The first-order valence-electron chi connectivity index (χ1n) is 6.99. The standard InChI is InChI=1S/C16H27NO2/c1-13(11-17-16(2,3)4)12-19-15-8-6-5-7-14(15)9-10-18/h5-8,13,17-18H,9-12H2,1-4H3. The van der Waals surface area contributed by atoms with Crippen LogP contribution in [0.3, 0.4) is 0 Å². The van der Waals surface area contributed by atoms with E-state index in [1.165, 1.54) is 0 Å². The lowest BCUT2D eigenvalue weighted by Gasteiger charge is -2.23. The van der Waals surface area contributed by atoms with Crippen molar-refractivity contribution >= 4 is 0 Å². The third-order valence-corrected chi connectivity index (χ3v) is 2.86. The zero-order valence-electron chi connectivity index (χ0n) is 12.6. The van der Waals surface area contributed by atoms with Crippen molar-refractivity contribution in [2.24, 2.45) is 5.92 Å². The molecule has 0 amide bonds. The van der Waals surface area contributed by atoms with Crippen molar-refractivity contribution in [2.45, 2.75) is 39.7 Å². The highest BCUT2D eigenvalue weighted by Gasteiger charge is 2.12. The highest BCUT2D eigenvalue weighted by molar-refractivity contribution is 5.33. The average molecular weight is 265 g/mol. The summed E-state index contributed by atoms with van der Waals surface area (Å²) in [6.45, 7) is 10.4. The lowest BCUT2D eigenvalue weighted by molar-refractivity contribution is 0.239. The Morgan fingerprint density at radius 2 is 1.95 bits per heavy atom. The second-order valence-electron chi connectivity index (χ2n) is 6.13. The normalized spacial score (nSPS) is 13.3. The number of nitrogens with one attached hydrogen (secondary N) is 1. The highest BCUT2D eigenvalue weighted by Crippen LogP contribution is 2.19. The minimum atomic E-state index is 0.142. The second-order valence-corrected chi connectivity index (χ2v) is 6.13. The van der Waals surface area contributed by atoms with Gasteiger partial charge in [-0.2, -0.15) is 0 Å². The Labute approximate surface area is 117 Å². The number of aliphatic hydroxyl groups is 1. The molecule has 2 N–H and O–H groups in total. The quantitative estimate of drug-likeness (QED) is 0.796. The fourth-order valence-corrected chi connectivity index (χ4v) is 1.74. The number of para-hydroxylation sites is 1. The third kappa shape index (κ3) is 6.60. The van der Waals surface area contributed by atoms with E-state index in [9.17, 15) is 0 Å². The largest absolute Gasteiger partial charge is 0.493 e. The van der Waals surface area contributed by atoms with E-state index in [4.69, 9.17) is 9.84 Å². The van der Waals surface area contributed by atoms with Crippen molar-refractivity contribution in [3.05, 3.63) is 29.8 Å². The first-order valence-corrected chi connectivity index (χ1v) is 6.99. The first-order chi connectivity index (χ1) is 8.92. The first kappa shape index (κ1) is 16.0. The van der Waals surface area contributed by atoms with Gasteiger partial charge in [-0.3, -0.25) is 0 Å². The molecule has 1 aromatic rings. The topological polar surface area (TPSA) is 41.5 Å². The van der Waals surface area contributed by atoms with Gasteiger partial charge >= 0.3 is 0 Å². The number of aliphatic hydroxyl groups excluding tert-OH is 1. The van der Waals surface area contributed by atoms with Crippen LogP contribution in [0.2, 0.25) is 0 Å². The van der Waals surface area contributed by atoms with Crippen LogP contribution >= 0.6 is 0 Å². The fourth-order valence-electron chi connectivity index (χ4n) is 1.74. The molecule has 0 heterocycles. The lowest BCUT2D eigenvalue weighted by atomic mass is 10.1. The molecular weight excluding hydrogens is 238 g/mol.